The largest absolute Gasteiger partial charge is 0.493 e. The van der Waals surface area contributed by atoms with Crippen molar-refractivity contribution < 1.29 is 19.1 Å². The molecule has 2 rings (SSSR count). The lowest BCUT2D eigenvalue weighted by Gasteiger charge is -2.13. The van der Waals surface area contributed by atoms with Gasteiger partial charge in [0, 0.05) is 23.9 Å². The fourth-order valence-corrected chi connectivity index (χ4v) is 2.26. The zero-order chi connectivity index (χ0) is 17.7. The van der Waals surface area contributed by atoms with Crippen molar-refractivity contribution in [1.82, 2.24) is 0 Å². The van der Waals surface area contributed by atoms with E-state index in [1.165, 1.54) is 14.0 Å². The molecule has 126 valence electrons. The SMILES string of the molecule is COc1cc(C)c(C(=O)Nc2ccc(NC(C)=O)cc2)cc1OC. The molecule has 6 nitrogen and oxygen atoms in total. The van der Waals surface area contributed by atoms with E-state index in [1.54, 1.807) is 43.5 Å². The molecule has 0 aliphatic heterocycles. The summed E-state index contributed by atoms with van der Waals surface area (Å²) in [6, 6.07) is 10.3. The van der Waals surface area contributed by atoms with E-state index in [-0.39, 0.29) is 11.8 Å². The van der Waals surface area contributed by atoms with Crippen LogP contribution in [-0.2, 0) is 4.79 Å². The van der Waals surface area contributed by atoms with Crippen LogP contribution in [0.3, 0.4) is 0 Å². The number of methoxy groups -OCH3 is 2. The number of carbonyl (C=O) groups is 2. The van der Waals surface area contributed by atoms with Crippen LogP contribution in [0.5, 0.6) is 11.5 Å². The number of rotatable bonds is 5. The van der Waals surface area contributed by atoms with E-state index in [4.69, 9.17) is 9.47 Å². The van der Waals surface area contributed by atoms with Gasteiger partial charge in [0.15, 0.2) is 11.5 Å². The Morgan fingerprint density at radius 2 is 1.38 bits per heavy atom. The van der Waals surface area contributed by atoms with Gasteiger partial charge in [0.05, 0.1) is 14.2 Å². The fraction of sp³-hybridized carbons (Fsp3) is 0.222. The highest BCUT2D eigenvalue weighted by Crippen LogP contribution is 2.30. The molecule has 0 aliphatic carbocycles. The third-order valence-electron chi connectivity index (χ3n) is 3.44. The molecule has 0 bridgehead atoms. The van der Waals surface area contributed by atoms with Gasteiger partial charge in [-0.15, -0.1) is 0 Å². The van der Waals surface area contributed by atoms with E-state index in [2.05, 4.69) is 10.6 Å². The Morgan fingerprint density at radius 1 is 0.875 bits per heavy atom. The van der Waals surface area contributed by atoms with Crippen molar-refractivity contribution in [1.29, 1.82) is 0 Å². The van der Waals surface area contributed by atoms with E-state index in [0.29, 0.717) is 28.4 Å². The molecular weight excluding hydrogens is 308 g/mol. The molecule has 6 heteroatoms. The molecule has 2 aromatic carbocycles. The summed E-state index contributed by atoms with van der Waals surface area (Å²) in [6.07, 6.45) is 0. The first kappa shape index (κ1) is 17.3. The van der Waals surface area contributed by atoms with Crippen molar-refractivity contribution in [2.24, 2.45) is 0 Å². The number of hydrogen-bond donors (Lipinski definition) is 2. The molecule has 0 unspecified atom stereocenters. The second kappa shape index (κ2) is 7.50. The van der Waals surface area contributed by atoms with E-state index in [0.717, 1.165) is 5.56 Å². The van der Waals surface area contributed by atoms with Crippen LogP contribution in [0.1, 0.15) is 22.8 Å². The van der Waals surface area contributed by atoms with Gasteiger partial charge in [-0.25, -0.2) is 0 Å². The van der Waals surface area contributed by atoms with Crippen LogP contribution in [0.15, 0.2) is 36.4 Å². The maximum Gasteiger partial charge on any atom is 0.256 e. The first-order valence-electron chi connectivity index (χ1n) is 7.36. The predicted octanol–water partition coefficient (Wildman–Crippen LogP) is 3.22. The third kappa shape index (κ3) is 4.04. The molecule has 0 saturated carbocycles. The van der Waals surface area contributed by atoms with Gasteiger partial charge < -0.3 is 20.1 Å². The Kier molecular flexibility index (Phi) is 5.42. The van der Waals surface area contributed by atoms with Crippen molar-refractivity contribution in [2.75, 3.05) is 24.9 Å². The highest BCUT2D eigenvalue weighted by Gasteiger charge is 2.14. The summed E-state index contributed by atoms with van der Waals surface area (Å²) < 4.78 is 10.5. The van der Waals surface area contributed by atoms with Gasteiger partial charge in [-0.05, 0) is 48.9 Å². The van der Waals surface area contributed by atoms with Gasteiger partial charge in [-0.1, -0.05) is 0 Å². The van der Waals surface area contributed by atoms with E-state index in [9.17, 15) is 9.59 Å². The van der Waals surface area contributed by atoms with Crippen LogP contribution in [0, 0.1) is 6.92 Å². The van der Waals surface area contributed by atoms with Gasteiger partial charge >= 0.3 is 0 Å². The Bertz CT molecular complexity index is 754. The quantitative estimate of drug-likeness (QED) is 0.883. The molecule has 0 fully saturated rings. The second-order valence-electron chi connectivity index (χ2n) is 5.23. The number of aryl methyl sites for hydroxylation is 1. The van der Waals surface area contributed by atoms with Crippen LogP contribution >= 0.6 is 0 Å². The lowest BCUT2D eigenvalue weighted by Crippen LogP contribution is -2.14. The minimum atomic E-state index is -0.249. The van der Waals surface area contributed by atoms with Crippen molar-refractivity contribution >= 4 is 23.2 Å². The minimum absolute atomic E-state index is 0.146. The molecule has 0 aromatic heterocycles. The Hall–Kier alpha value is -3.02. The summed E-state index contributed by atoms with van der Waals surface area (Å²) in [5.41, 5.74) is 2.57. The number of benzene rings is 2. The molecule has 0 spiro atoms. The summed E-state index contributed by atoms with van der Waals surface area (Å²) in [6.45, 7) is 3.27. The number of hydrogen-bond acceptors (Lipinski definition) is 4. The smallest absolute Gasteiger partial charge is 0.256 e. The summed E-state index contributed by atoms with van der Waals surface area (Å²) in [7, 11) is 3.07. The van der Waals surface area contributed by atoms with Crippen LogP contribution in [0.25, 0.3) is 0 Å². The lowest BCUT2D eigenvalue weighted by atomic mass is 10.1. The standard InChI is InChI=1S/C18H20N2O4/c1-11-9-16(23-3)17(24-4)10-15(11)18(22)20-14-7-5-13(6-8-14)19-12(2)21/h5-10H,1-4H3,(H,19,21)(H,20,22). The van der Waals surface area contributed by atoms with E-state index < -0.39 is 0 Å². The third-order valence-corrected chi connectivity index (χ3v) is 3.44. The first-order chi connectivity index (χ1) is 11.4. The fourth-order valence-electron chi connectivity index (χ4n) is 2.26. The number of carbonyl (C=O) groups excluding carboxylic acids is 2. The zero-order valence-corrected chi connectivity index (χ0v) is 14.1. The molecule has 2 aromatic rings. The lowest BCUT2D eigenvalue weighted by molar-refractivity contribution is -0.114. The Labute approximate surface area is 140 Å². The summed E-state index contributed by atoms with van der Waals surface area (Å²) in [4.78, 5) is 23.5. The summed E-state index contributed by atoms with van der Waals surface area (Å²) >= 11 is 0. The first-order valence-corrected chi connectivity index (χ1v) is 7.36. The average molecular weight is 328 g/mol. The second-order valence-corrected chi connectivity index (χ2v) is 5.23. The van der Waals surface area contributed by atoms with Gasteiger partial charge in [0.2, 0.25) is 5.91 Å². The molecule has 0 heterocycles. The molecular formula is C18H20N2O4. The predicted molar refractivity (Wildman–Crippen MR) is 93.0 cm³/mol. The highest BCUT2D eigenvalue weighted by molar-refractivity contribution is 6.05. The topological polar surface area (TPSA) is 76.7 Å². The maximum absolute atomic E-state index is 12.5. The highest BCUT2D eigenvalue weighted by atomic mass is 16.5. The van der Waals surface area contributed by atoms with Crippen LogP contribution < -0.4 is 20.1 Å². The number of amides is 2. The van der Waals surface area contributed by atoms with Crippen LogP contribution in [-0.4, -0.2) is 26.0 Å². The molecule has 0 saturated heterocycles. The zero-order valence-electron chi connectivity index (χ0n) is 14.1. The van der Waals surface area contributed by atoms with Crippen molar-refractivity contribution in [3.05, 3.63) is 47.5 Å². The normalized spacial score (nSPS) is 10.0. The molecule has 0 aliphatic rings. The molecule has 2 N–H and O–H groups in total. The molecule has 0 atom stereocenters. The number of ether oxygens (including phenoxy) is 2. The number of anilines is 2. The molecule has 0 radical (unpaired) electrons. The summed E-state index contributed by atoms with van der Waals surface area (Å²) in [5, 5.41) is 5.49. The van der Waals surface area contributed by atoms with E-state index in [1.807, 2.05) is 6.92 Å². The maximum atomic E-state index is 12.5. The van der Waals surface area contributed by atoms with Gasteiger partial charge in [0.25, 0.3) is 5.91 Å². The molecule has 2 amide bonds. The number of nitrogens with one attached hydrogen (secondary N) is 2. The van der Waals surface area contributed by atoms with Gasteiger partial charge in [-0.2, -0.15) is 0 Å². The minimum Gasteiger partial charge on any atom is -0.493 e. The van der Waals surface area contributed by atoms with Gasteiger partial charge in [0.1, 0.15) is 0 Å². The van der Waals surface area contributed by atoms with Crippen molar-refractivity contribution in [2.45, 2.75) is 13.8 Å². The molecule has 24 heavy (non-hydrogen) atoms. The van der Waals surface area contributed by atoms with Crippen LogP contribution in [0.2, 0.25) is 0 Å². The average Bonchev–Trinajstić information content (AvgIpc) is 2.55. The van der Waals surface area contributed by atoms with E-state index >= 15 is 0 Å². The Morgan fingerprint density at radius 3 is 1.88 bits per heavy atom. The monoisotopic (exact) mass is 328 g/mol. The van der Waals surface area contributed by atoms with Crippen molar-refractivity contribution in [3.63, 3.8) is 0 Å². The van der Waals surface area contributed by atoms with Gasteiger partial charge in [-0.3, -0.25) is 9.59 Å². The summed E-state index contributed by atoms with van der Waals surface area (Å²) in [5.74, 6) is 0.675. The Balaban J connectivity index is 2.19. The van der Waals surface area contributed by atoms with Crippen molar-refractivity contribution in [3.8, 4) is 11.5 Å². The van der Waals surface area contributed by atoms with Crippen LogP contribution in [0.4, 0.5) is 11.4 Å².